The number of hydrogen-bond donors (Lipinski definition) is 2. The van der Waals surface area contributed by atoms with Crippen molar-refractivity contribution in [3.63, 3.8) is 0 Å². The molecule has 20 heavy (non-hydrogen) atoms. The van der Waals surface area contributed by atoms with Gasteiger partial charge >= 0.3 is 5.97 Å². The summed E-state index contributed by atoms with van der Waals surface area (Å²) in [5, 5.41) is 11.6. The van der Waals surface area contributed by atoms with Gasteiger partial charge in [-0.25, -0.2) is 4.39 Å². The van der Waals surface area contributed by atoms with Crippen molar-refractivity contribution >= 4 is 29.2 Å². The van der Waals surface area contributed by atoms with E-state index in [1.165, 1.54) is 12.1 Å². The van der Waals surface area contributed by atoms with Crippen LogP contribution in [0.5, 0.6) is 0 Å². The second-order valence-electron chi connectivity index (χ2n) is 5.08. The summed E-state index contributed by atoms with van der Waals surface area (Å²) in [5.74, 6) is -1.98. The molecule has 6 heteroatoms. The summed E-state index contributed by atoms with van der Waals surface area (Å²) in [7, 11) is 0. The van der Waals surface area contributed by atoms with Crippen LogP contribution in [0.4, 0.5) is 10.1 Å². The molecule has 0 heterocycles. The highest BCUT2D eigenvalue weighted by atomic mass is 35.5. The first kappa shape index (κ1) is 16.4. The number of carbonyl (C=O) groups excluding carboxylic acids is 1. The van der Waals surface area contributed by atoms with Crippen LogP contribution in [0.15, 0.2) is 18.2 Å². The predicted octanol–water partition coefficient (Wildman–Crippen LogP) is 3.70. The third-order valence-corrected chi connectivity index (χ3v) is 3.46. The number of halogens is 2. The van der Waals surface area contributed by atoms with Gasteiger partial charge in [-0.2, -0.15) is 0 Å². The van der Waals surface area contributed by atoms with Crippen LogP contribution in [0.2, 0.25) is 5.02 Å². The lowest BCUT2D eigenvalue weighted by Gasteiger charge is -2.25. The number of carboxylic acids is 1. The van der Waals surface area contributed by atoms with Gasteiger partial charge in [-0.3, -0.25) is 9.59 Å². The molecule has 1 atom stereocenters. The molecule has 0 fully saturated rings. The number of carbonyl (C=O) groups is 2. The van der Waals surface area contributed by atoms with Crippen molar-refractivity contribution in [1.29, 1.82) is 0 Å². The fourth-order valence-corrected chi connectivity index (χ4v) is 2.02. The van der Waals surface area contributed by atoms with Crippen LogP contribution in [0.3, 0.4) is 0 Å². The van der Waals surface area contributed by atoms with Crippen molar-refractivity contribution in [2.75, 3.05) is 5.32 Å². The SMILES string of the molecule is CC[C@@](C)(CC(=O)O)CC(=O)Nc1cc(Cl)ccc1F. The molecular formula is C14H17ClFNO3. The van der Waals surface area contributed by atoms with Crippen LogP contribution in [0.25, 0.3) is 0 Å². The van der Waals surface area contributed by atoms with Gasteiger partial charge in [0.05, 0.1) is 12.1 Å². The van der Waals surface area contributed by atoms with E-state index in [9.17, 15) is 14.0 Å². The molecule has 0 saturated heterocycles. The minimum atomic E-state index is -0.962. The Morgan fingerprint density at radius 2 is 2.05 bits per heavy atom. The van der Waals surface area contributed by atoms with Crippen molar-refractivity contribution < 1.29 is 19.1 Å². The molecule has 0 saturated carbocycles. The van der Waals surface area contributed by atoms with E-state index in [2.05, 4.69) is 5.32 Å². The summed E-state index contributed by atoms with van der Waals surface area (Å²) in [5.41, 5.74) is -0.665. The van der Waals surface area contributed by atoms with Crippen LogP contribution in [-0.4, -0.2) is 17.0 Å². The van der Waals surface area contributed by atoms with Gasteiger partial charge in [-0.15, -0.1) is 0 Å². The standard InChI is InChI=1S/C14H17ClFNO3/c1-3-14(2,8-13(19)20)7-12(18)17-11-6-9(15)4-5-10(11)16/h4-6H,3,7-8H2,1-2H3,(H,17,18)(H,19,20)/t14-/m1/s1. The highest BCUT2D eigenvalue weighted by molar-refractivity contribution is 6.30. The number of rotatable bonds is 6. The maximum Gasteiger partial charge on any atom is 0.303 e. The Morgan fingerprint density at radius 3 is 2.60 bits per heavy atom. The highest BCUT2D eigenvalue weighted by Gasteiger charge is 2.28. The number of benzene rings is 1. The van der Waals surface area contributed by atoms with Gasteiger partial charge in [0.1, 0.15) is 5.82 Å². The number of aliphatic carboxylic acids is 1. The van der Waals surface area contributed by atoms with Gasteiger partial charge in [-0.1, -0.05) is 25.4 Å². The molecule has 0 radical (unpaired) electrons. The van der Waals surface area contributed by atoms with E-state index < -0.39 is 23.1 Å². The van der Waals surface area contributed by atoms with Crippen molar-refractivity contribution in [3.8, 4) is 0 Å². The average Bonchev–Trinajstić information content (AvgIpc) is 2.32. The molecule has 1 aromatic carbocycles. The molecule has 0 aromatic heterocycles. The van der Waals surface area contributed by atoms with E-state index in [0.29, 0.717) is 11.4 Å². The lowest BCUT2D eigenvalue weighted by molar-refractivity contribution is -0.140. The van der Waals surface area contributed by atoms with E-state index in [0.717, 1.165) is 6.07 Å². The molecule has 0 unspecified atom stereocenters. The summed E-state index contributed by atoms with van der Waals surface area (Å²) < 4.78 is 13.5. The molecule has 1 aromatic rings. The lowest BCUT2D eigenvalue weighted by Crippen LogP contribution is -2.27. The maximum atomic E-state index is 13.5. The van der Waals surface area contributed by atoms with Crippen molar-refractivity contribution in [2.24, 2.45) is 5.41 Å². The van der Waals surface area contributed by atoms with Crippen molar-refractivity contribution in [2.45, 2.75) is 33.1 Å². The summed E-state index contributed by atoms with van der Waals surface area (Å²) >= 11 is 5.73. The van der Waals surface area contributed by atoms with Gasteiger partial charge in [0.15, 0.2) is 0 Å². The summed E-state index contributed by atoms with van der Waals surface area (Å²) in [6.45, 7) is 3.53. The Balaban J connectivity index is 2.76. The quantitative estimate of drug-likeness (QED) is 0.842. The Hall–Kier alpha value is -1.62. The normalized spacial score (nSPS) is 13.6. The molecule has 1 amide bonds. The predicted molar refractivity (Wildman–Crippen MR) is 75.3 cm³/mol. The van der Waals surface area contributed by atoms with Gasteiger partial charge < -0.3 is 10.4 Å². The Labute approximate surface area is 121 Å². The lowest BCUT2D eigenvalue weighted by atomic mass is 9.80. The molecule has 0 aliphatic rings. The smallest absolute Gasteiger partial charge is 0.303 e. The topological polar surface area (TPSA) is 66.4 Å². The van der Waals surface area contributed by atoms with E-state index in [1.54, 1.807) is 6.92 Å². The third-order valence-electron chi connectivity index (χ3n) is 3.22. The number of amides is 1. The number of nitrogens with one attached hydrogen (secondary N) is 1. The molecule has 2 N–H and O–H groups in total. The van der Waals surface area contributed by atoms with Gasteiger partial charge in [-0.05, 0) is 30.0 Å². The van der Waals surface area contributed by atoms with E-state index in [-0.39, 0.29) is 18.5 Å². The van der Waals surface area contributed by atoms with Crippen LogP contribution in [0, 0.1) is 11.2 Å². The van der Waals surface area contributed by atoms with Crippen molar-refractivity contribution in [1.82, 2.24) is 0 Å². The first-order valence-electron chi connectivity index (χ1n) is 6.22. The Bertz CT molecular complexity index is 521. The monoisotopic (exact) mass is 301 g/mol. The molecule has 0 bridgehead atoms. The Morgan fingerprint density at radius 1 is 1.40 bits per heavy atom. The zero-order valence-corrected chi connectivity index (χ0v) is 12.1. The van der Waals surface area contributed by atoms with E-state index >= 15 is 0 Å². The second kappa shape index (κ2) is 6.70. The molecule has 0 aliphatic carbocycles. The number of hydrogen-bond acceptors (Lipinski definition) is 2. The minimum absolute atomic E-state index is 0.00174. The number of anilines is 1. The van der Waals surface area contributed by atoms with E-state index in [4.69, 9.17) is 16.7 Å². The van der Waals surface area contributed by atoms with Crippen molar-refractivity contribution in [3.05, 3.63) is 29.0 Å². The zero-order chi connectivity index (χ0) is 15.3. The second-order valence-corrected chi connectivity index (χ2v) is 5.52. The van der Waals surface area contributed by atoms with Gasteiger partial charge in [0.25, 0.3) is 0 Å². The fraction of sp³-hybridized carbons (Fsp3) is 0.429. The van der Waals surface area contributed by atoms with E-state index in [1.807, 2.05) is 6.92 Å². The summed E-state index contributed by atoms with van der Waals surface area (Å²) in [6.07, 6.45) is 0.418. The fourth-order valence-electron chi connectivity index (χ4n) is 1.85. The van der Waals surface area contributed by atoms with Crippen LogP contribution in [-0.2, 0) is 9.59 Å². The Kier molecular flexibility index (Phi) is 5.51. The first-order chi connectivity index (χ1) is 9.25. The molecule has 4 nitrogen and oxygen atoms in total. The largest absolute Gasteiger partial charge is 0.481 e. The van der Waals surface area contributed by atoms with Gasteiger partial charge in [0, 0.05) is 11.4 Å². The molecule has 1 rings (SSSR count). The van der Waals surface area contributed by atoms with Crippen LogP contribution >= 0.6 is 11.6 Å². The minimum Gasteiger partial charge on any atom is -0.481 e. The van der Waals surface area contributed by atoms with Gasteiger partial charge in [0.2, 0.25) is 5.91 Å². The number of carboxylic acid groups (broad SMARTS) is 1. The van der Waals surface area contributed by atoms with Crippen LogP contribution in [0.1, 0.15) is 33.1 Å². The molecule has 110 valence electrons. The average molecular weight is 302 g/mol. The maximum absolute atomic E-state index is 13.5. The molecule has 0 aliphatic heterocycles. The third kappa shape index (κ3) is 4.81. The highest BCUT2D eigenvalue weighted by Crippen LogP contribution is 2.31. The summed E-state index contributed by atoms with van der Waals surface area (Å²) in [6, 6.07) is 3.86. The zero-order valence-electron chi connectivity index (χ0n) is 11.4. The van der Waals surface area contributed by atoms with Crippen LogP contribution < -0.4 is 5.32 Å². The summed E-state index contributed by atoms with van der Waals surface area (Å²) in [4.78, 5) is 22.7. The molecular weight excluding hydrogens is 285 g/mol. The first-order valence-corrected chi connectivity index (χ1v) is 6.60. The molecule has 0 spiro atoms.